The van der Waals surface area contributed by atoms with Gasteiger partial charge in [0.25, 0.3) is 5.56 Å². The number of rotatable bonds is 7. The molecule has 1 aliphatic carbocycles. The number of benzene rings is 2. The van der Waals surface area contributed by atoms with Crippen molar-refractivity contribution >= 4 is 22.7 Å². The van der Waals surface area contributed by atoms with Crippen molar-refractivity contribution in [1.82, 2.24) is 9.55 Å². The zero-order chi connectivity index (χ0) is 22.1. The van der Waals surface area contributed by atoms with Gasteiger partial charge in [0.1, 0.15) is 19.0 Å². The van der Waals surface area contributed by atoms with Crippen molar-refractivity contribution in [2.24, 2.45) is 0 Å². The first kappa shape index (κ1) is 20.2. The number of hydrogen-bond acceptors (Lipinski definition) is 7. The van der Waals surface area contributed by atoms with E-state index in [9.17, 15) is 14.4 Å². The van der Waals surface area contributed by atoms with E-state index >= 15 is 0 Å². The van der Waals surface area contributed by atoms with Gasteiger partial charge in [0.05, 0.1) is 17.3 Å². The van der Waals surface area contributed by atoms with Gasteiger partial charge in [-0.1, -0.05) is 12.1 Å². The van der Waals surface area contributed by atoms with Gasteiger partial charge in [-0.25, -0.2) is 4.98 Å². The summed E-state index contributed by atoms with van der Waals surface area (Å²) in [5.74, 6) is 0.837. The SMILES string of the molecule is O=C(CCc1nc2ccccc2c(=O)n1C1CC1)OCC(=O)c1ccc2c(c1)OCCO2. The lowest BCUT2D eigenvalue weighted by Crippen LogP contribution is -2.25. The molecule has 0 atom stereocenters. The third kappa shape index (κ3) is 4.08. The second-order valence-electron chi connectivity index (χ2n) is 7.89. The average Bonchev–Trinajstić information content (AvgIpc) is 3.66. The maximum absolute atomic E-state index is 12.9. The molecule has 2 aromatic carbocycles. The van der Waals surface area contributed by atoms with Crippen LogP contribution in [0.2, 0.25) is 0 Å². The van der Waals surface area contributed by atoms with E-state index < -0.39 is 5.97 Å². The quantitative estimate of drug-likeness (QED) is 0.417. The molecule has 1 fully saturated rings. The predicted molar refractivity (Wildman–Crippen MR) is 115 cm³/mol. The molecule has 0 unspecified atom stereocenters. The lowest BCUT2D eigenvalue weighted by Gasteiger charge is -2.18. The van der Waals surface area contributed by atoms with Crippen molar-refractivity contribution in [3.63, 3.8) is 0 Å². The Hall–Kier alpha value is -3.68. The van der Waals surface area contributed by atoms with Gasteiger partial charge in [-0.2, -0.15) is 0 Å². The summed E-state index contributed by atoms with van der Waals surface area (Å²) in [6.45, 7) is 0.534. The van der Waals surface area contributed by atoms with Crippen LogP contribution in [0, 0.1) is 0 Å². The number of aryl methyl sites for hydroxylation is 1. The largest absolute Gasteiger partial charge is 0.486 e. The number of nitrogens with zero attached hydrogens (tertiary/aromatic N) is 2. The average molecular weight is 434 g/mol. The Balaban J connectivity index is 1.23. The van der Waals surface area contributed by atoms with Crippen LogP contribution in [-0.2, 0) is 16.0 Å². The van der Waals surface area contributed by atoms with Gasteiger partial charge < -0.3 is 14.2 Å². The number of fused-ring (bicyclic) bond motifs is 2. The molecule has 0 N–H and O–H groups in total. The van der Waals surface area contributed by atoms with Gasteiger partial charge in [-0.3, -0.25) is 19.0 Å². The van der Waals surface area contributed by atoms with Crippen LogP contribution in [0.1, 0.15) is 41.5 Å². The van der Waals surface area contributed by atoms with Crippen LogP contribution in [-0.4, -0.2) is 41.1 Å². The fourth-order valence-corrected chi connectivity index (χ4v) is 3.81. The molecule has 2 heterocycles. The summed E-state index contributed by atoms with van der Waals surface area (Å²) >= 11 is 0. The van der Waals surface area contributed by atoms with E-state index in [-0.39, 0.29) is 36.8 Å². The molecule has 1 saturated carbocycles. The van der Waals surface area contributed by atoms with Crippen molar-refractivity contribution in [3.05, 3.63) is 64.2 Å². The number of ketones is 1. The minimum absolute atomic E-state index is 0.0336. The van der Waals surface area contributed by atoms with Crippen molar-refractivity contribution in [2.75, 3.05) is 19.8 Å². The fourth-order valence-electron chi connectivity index (χ4n) is 3.81. The zero-order valence-corrected chi connectivity index (χ0v) is 17.4. The second kappa shape index (κ2) is 8.45. The molecule has 1 aromatic heterocycles. The maximum Gasteiger partial charge on any atom is 0.306 e. The Labute approximate surface area is 183 Å². The highest BCUT2D eigenvalue weighted by atomic mass is 16.6. The fraction of sp³-hybridized carbons (Fsp3) is 0.333. The van der Waals surface area contributed by atoms with E-state index in [0.717, 1.165) is 12.8 Å². The highest BCUT2D eigenvalue weighted by molar-refractivity contribution is 5.98. The Morgan fingerprint density at radius 2 is 1.84 bits per heavy atom. The van der Waals surface area contributed by atoms with Crippen LogP contribution in [0.25, 0.3) is 10.9 Å². The number of carbonyl (C=O) groups is 2. The molecular weight excluding hydrogens is 412 g/mol. The summed E-state index contributed by atoms with van der Waals surface area (Å²) in [6, 6.07) is 12.2. The number of ether oxygens (including phenoxy) is 3. The molecule has 0 radical (unpaired) electrons. The van der Waals surface area contributed by atoms with Gasteiger partial charge >= 0.3 is 5.97 Å². The third-order valence-corrected chi connectivity index (χ3v) is 5.57. The smallest absolute Gasteiger partial charge is 0.306 e. The van der Waals surface area contributed by atoms with Crippen LogP contribution in [0.4, 0.5) is 0 Å². The Kier molecular flexibility index (Phi) is 5.34. The van der Waals surface area contributed by atoms with E-state index in [1.54, 1.807) is 34.9 Å². The topological polar surface area (TPSA) is 96.7 Å². The molecule has 8 heteroatoms. The van der Waals surface area contributed by atoms with Crippen molar-refractivity contribution in [1.29, 1.82) is 0 Å². The summed E-state index contributed by atoms with van der Waals surface area (Å²) in [5.41, 5.74) is 0.933. The van der Waals surface area contributed by atoms with Crippen LogP contribution < -0.4 is 15.0 Å². The second-order valence-corrected chi connectivity index (χ2v) is 7.89. The highest BCUT2D eigenvalue weighted by Gasteiger charge is 2.28. The molecule has 0 amide bonds. The van der Waals surface area contributed by atoms with Gasteiger partial charge in [0.15, 0.2) is 23.9 Å². The van der Waals surface area contributed by atoms with Crippen LogP contribution >= 0.6 is 0 Å². The molecule has 1 aliphatic heterocycles. The normalized spacial score (nSPS) is 14.9. The Morgan fingerprint density at radius 3 is 2.66 bits per heavy atom. The molecule has 3 aromatic rings. The molecule has 0 bridgehead atoms. The van der Waals surface area contributed by atoms with Gasteiger partial charge in [0, 0.05) is 18.0 Å². The van der Waals surface area contributed by atoms with Crippen LogP contribution in [0.15, 0.2) is 47.3 Å². The zero-order valence-electron chi connectivity index (χ0n) is 17.4. The predicted octanol–water partition coefficient (Wildman–Crippen LogP) is 2.86. The molecular formula is C24H22N2O6. The first-order valence-electron chi connectivity index (χ1n) is 10.7. The summed E-state index contributed by atoms with van der Waals surface area (Å²) in [4.78, 5) is 42.2. The highest BCUT2D eigenvalue weighted by Crippen LogP contribution is 2.35. The monoisotopic (exact) mass is 434 g/mol. The maximum atomic E-state index is 12.9. The Bertz CT molecular complexity index is 1260. The number of para-hydroxylation sites is 1. The number of hydrogen-bond donors (Lipinski definition) is 0. The van der Waals surface area contributed by atoms with E-state index in [1.807, 2.05) is 12.1 Å². The molecule has 2 aliphatic rings. The molecule has 0 spiro atoms. The van der Waals surface area contributed by atoms with Crippen LogP contribution in [0.3, 0.4) is 0 Å². The summed E-state index contributed by atoms with van der Waals surface area (Å²) in [7, 11) is 0. The first-order valence-corrected chi connectivity index (χ1v) is 10.7. The summed E-state index contributed by atoms with van der Waals surface area (Å²) in [6.07, 6.45) is 2.17. The minimum atomic E-state index is -0.513. The number of aromatic nitrogens is 2. The van der Waals surface area contributed by atoms with Crippen LogP contribution in [0.5, 0.6) is 11.5 Å². The molecule has 5 rings (SSSR count). The molecule has 8 nitrogen and oxygen atoms in total. The van der Waals surface area contributed by atoms with E-state index in [4.69, 9.17) is 14.2 Å². The van der Waals surface area contributed by atoms with Gasteiger partial charge in [-0.15, -0.1) is 0 Å². The van der Waals surface area contributed by atoms with E-state index in [2.05, 4.69) is 4.98 Å². The Morgan fingerprint density at radius 1 is 1.06 bits per heavy atom. The van der Waals surface area contributed by atoms with Crippen molar-refractivity contribution < 1.29 is 23.8 Å². The third-order valence-electron chi connectivity index (χ3n) is 5.57. The van der Waals surface area contributed by atoms with Gasteiger partial charge in [0.2, 0.25) is 0 Å². The summed E-state index contributed by atoms with van der Waals surface area (Å²) in [5, 5.41) is 0.579. The standard InChI is InChI=1S/C24H22N2O6/c27-19(15-5-8-20-21(13-15)31-12-11-30-20)14-32-23(28)10-9-22-25-18-4-2-1-3-17(18)24(29)26(22)16-6-7-16/h1-5,8,13,16H,6-7,9-12,14H2. The summed E-state index contributed by atoms with van der Waals surface area (Å²) < 4.78 is 17.8. The molecule has 164 valence electrons. The van der Waals surface area contributed by atoms with E-state index in [1.165, 1.54) is 0 Å². The number of esters is 1. The van der Waals surface area contributed by atoms with E-state index in [0.29, 0.717) is 47.0 Å². The molecule has 0 saturated heterocycles. The van der Waals surface area contributed by atoms with Gasteiger partial charge in [-0.05, 0) is 43.2 Å². The lowest BCUT2D eigenvalue weighted by atomic mass is 10.1. The van der Waals surface area contributed by atoms with Crippen molar-refractivity contribution in [3.8, 4) is 11.5 Å². The number of carbonyl (C=O) groups excluding carboxylic acids is 2. The number of Topliss-reactive ketones (excluding diaryl/α,β-unsaturated/α-hetero) is 1. The lowest BCUT2D eigenvalue weighted by molar-refractivity contribution is -0.142. The van der Waals surface area contributed by atoms with Crippen molar-refractivity contribution in [2.45, 2.75) is 31.7 Å². The first-order chi connectivity index (χ1) is 15.6. The minimum Gasteiger partial charge on any atom is -0.486 e. The molecule has 32 heavy (non-hydrogen) atoms.